The van der Waals surface area contributed by atoms with Gasteiger partial charge in [-0.3, -0.25) is 4.79 Å². The number of alkyl halides is 3. The van der Waals surface area contributed by atoms with Crippen LogP contribution in [-0.4, -0.2) is 22.7 Å². The average Bonchev–Trinajstić information content (AvgIpc) is 2.84. The number of para-hydroxylation sites is 1. The SMILES string of the molecule is CCCCCN1C(=O)C(O)(c2cc(C(F)(F)F)ccc2O)c2ccccc21. The second-order valence-electron chi connectivity index (χ2n) is 6.62. The molecule has 144 valence electrons. The summed E-state index contributed by atoms with van der Waals surface area (Å²) >= 11 is 0. The van der Waals surface area contributed by atoms with Crippen LogP contribution in [0.5, 0.6) is 5.75 Å². The molecule has 1 aliphatic rings. The number of nitrogens with zero attached hydrogens (tertiary/aromatic N) is 1. The number of anilines is 1. The van der Waals surface area contributed by atoms with Gasteiger partial charge in [0.1, 0.15) is 5.75 Å². The van der Waals surface area contributed by atoms with Gasteiger partial charge < -0.3 is 15.1 Å². The third kappa shape index (κ3) is 3.16. The Morgan fingerprint density at radius 3 is 2.44 bits per heavy atom. The number of hydrogen-bond donors (Lipinski definition) is 2. The fraction of sp³-hybridized carbons (Fsp3) is 0.350. The van der Waals surface area contributed by atoms with Crippen LogP contribution in [0.25, 0.3) is 0 Å². The van der Waals surface area contributed by atoms with Crippen molar-refractivity contribution in [1.82, 2.24) is 0 Å². The van der Waals surface area contributed by atoms with Crippen molar-refractivity contribution in [3.8, 4) is 5.75 Å². The highest BCUT2D eigenvalue weighted by Gasteiger charge is 2.52. The number of amides is 1. The highest BCUT2D eigenvalue weighted by atomic mass is 19.4. The van der Waals surface area contributed by atoms with Crippen LogP contribution in [0.15, 0.2) is 42.5 Å². The minimum Gasteiger partial charge on any atom is -0.508 e. The summed E-state index contributed by atoms with van der Waals surface area (Å²) in [7, 11) is 0. The maximum atomic E-state index is 13.1. The van der Waals surface area contributed by atoms with Gasteiger partial charge in [-0.05, 0) is 30.7 Å². The van der Waals surface area contributed by atoms with E-state index in [4.69, 9.17) is 0 Å². The zero-order valence-electron chi connectivity index (χ0n) is 14.8. The molecule has 1 aliphatic heterocycles. The summed E-state index contributed by atoms with van der Waals surface area (Å²) in [6.07, 6.45) is -2.16. The Hall–Kier alpha value is -2.54. The van der Waals surface area contributed by atoms with Crippen LogP contribution >= 0.6 is 0 Å². The number of fused-ring (bicyclic) bond motifs is 1. The first-order valence-corrected chi connectivity index (χ1v) is 8.75. The Bertz CT molecular complexity index is 866. The number of aliphatic hydroxyl groups is 1. The van der Waals surface area contributed by atoms with E-state index in [2.05, 4.69) is 0 Å². The molecule has 0 saturated heterocycles. The maximum absolute atomic E-state index is 13.1. The fourth-order valence-electron chi connectivity index (χ4n) is 3.44. The summed E-state index contributed by atoms with van der Waals surface area (Å²) in [5.41, 5.74) is -3.26. The van der Waals surface area contributed by atoms with Crippen molar-refractivity contribution in [2.24, 2.45) is 0 Å². The molecule has 7 heteroatoms. The van der Waals surface area contributed by atoms with E-state index in [1.807, 2.05) is 6.92 Å². The van der Waals surface area contributed by atoms with E-state index in [1.54, 1.807) is 18.2 Å². The molecule has 3 rings (SSSR count). The molecule has 0 bridgehead atoms. The zero-order chi connectivity index (χ0) is 19.8. The first kappa shape index (κ1) is 19.2. The molecule has 0 saturated carbocycles. The Balaban J connectivity index is 2.14. The topological polar surface area (TPSA) is 60.8 Å². The Kier molecular flexibility index (Phi) is 4.90. The second kappa shape index (κ2) is 6.88. The van der Waals surface area contributed by atoms with Gasteiger partial charge in [0.25, 0.3) is 5.91 Å². The quantitative estimate of drug-likeness (QED) is 0.766. The lowest BCUT2D eigenvalue weighted by Gasteiger charge is -2.25. The lowest BCUT2D eigenvalue weighted by atomic mass is 9.86. The number of carbonyl (C=O) groups is 1. The standard InChI is InChI=1S/C20H20F3NO3/c1-2-3-6-11-24-16-8-5-4-7-14(16)19(27,18(24)26)15-12-13(20(21,22)23)9-10-17(15)25/h4-5,7-10,12,25,27H,2-3,6,11H2,1H3. The predicted octanol–water partition coefficient (Wildman–Crippen LogP) is 4.18. The summed E-state index contributed by atoms with van der Waals surface area (Å²) in [6, 6.07) is 8.63. The first-order chi connectivity index (χ1) is 12.7. The van der Waals surface area contributed by atoms with Gasteiger partial charge in [0.15, 0.2) is 5.60 Å². The average molecular weight is 379 g/mol. The molecule has 0 radical (unpaired) electrons. The number of unbranched alkanes of at least 4 members (excludes halogenated alkanes) is 2. The molecule has 0 aliphatic carbocycles. The van der Waals surface area contributed by atoms with Gasteiger partial charge in [-0.25, -0.2) is 0 Å². The van der Waals surface area contributed by atoms with E-state index in [1.165, 1.54) is 11.0 Å². The fourth-order valence-corrected chi connectivity index (χ4v) is 3.44. The first-order valence-electron chi connectivity index (χ1n) is 8.75. The van der Waals surface area contributed by atoms with Crippen molar-refractivity contribution in [3.63, 3.8) is 0 Å². The molecule has 0 spiro atoms. The molecule has 4 nitrogen and oxygen atoms in total. The lowest BCUT2D eigenvalue weighted by molar-refractivity contribution is -0.138. The number of rotatable bonds is 5. The number of halogens is 3. The number of aromatic hydroxyl groups is 1. The molecule has 1 atom stereocenters. The highest BCUT2D eigenvalue weighted by Crippen LogP contribution is 2.48. The van der Waals surface area contributed by atoms with Crippen LogP contribution in [0.4, 0.5) is 18.9 Å². The van der Waals surface area contributed by atoms with Gasteiger partial charge in [-0.15, -0.1) is 0 Å². The second-order valence-corrected chi connectivity index (χ2v) is 6.62. The molecule has 2 N–H and O–H groups in total. The monoisotopic (exact) mass is 379 g/mol. The molecule has 0 fully saturated rings. The van der Waals surface area contributed by atoms with Gasteiger partial charge in [-0.2, -0.15) is 13.2 Å². The summed E-state index contributed by atoms with van der Waals surface area (Å²) in [5.74, 6) is -1.32. The van der Waals surface area contributed by atoms with Crippen molar-refractivity contribution in [3.05, 3.63) is 59.2 Å². The van der Waals surface area contributed by atoms with E-state index in [0.29, 0.717) is 30.8 Å². The molecule has 1 amide bonds. The van der Waals surface area contributed by atoms with E-state index in [-0.39, 0.29) is 5.56 Å². The normalized spacial score (nSPS) is 19.4. The van der Waals surface area contributed by atoms with E-state index < -0.39 is 34.6 Å². The lowest BCUT2D eigenvalue weighted by Crippen LogP contribution is -2.41. The van der Waals surface area contributed by atoms with Gasteiger partial charge in [0.05, 0.1) is 11.3 Å². The maximum Gasteiger partial charge on any atom is 0.416 e. The molecule has 1 unspecified atom stereocenters. The van der Waals surface area contributed by atoms with Gasteiger partial charge in [-0.1, -0.05) is 38.0 Å². The van der Waals surface area contributed by atoms with Crippen LogP contribution in [-0.2, 0) is 16.6 Å². The van der Waals surface area contributed by atoms with Crippen LogP contribution in [0, 0.1) is 0 Å². The van der Waals surface area contributed by atoms with Crippen molar-refractivity contribution in [1.29, 1.82) is 0 Å². The number of benzene rings is 2. The predicted molar refractivity (Wildman–Crippen MR) is 94.4 cm³/mol. The smallest absolute Gasteiger partial charge is 0.416 e. The molecule has 0 aromatic heterocycles. The largest absolute Gasteiger partial charge is 0.508 e. The summed E-state index contributed by atoms with van der Waals surface area (Å²) in [5, 5.41) is 21.4. The minimum absolute atomic E-state index is 0.168. The summed E-state index contributed by atoms with van der Waals surface area (Å²) in [4.78, 5) is 14.5. The Morgan fingerprint density at radius 2 is 1.78 bits per heavy atom. The van der Waals surface area contributed by atoms with E-state index in [0.717, 1.165) is 18.9 Å². The van der Waals surface area contributed by atoms with Gasteiger partial charge in [0, 0.05) is 17.7 Å². The number of phenols is 1. The zero-order valence-corrected chi connectivity index (χ0v) is 14.8. The number of hydrogen-bond acceptors (Lipinski definition) is 3. The van der Waals surface area contributed by atoms with Crippen molar-refractivity contribution in [2.75, 3.05) is 11.4 Å². The third-order valence-corrected chi connectivity index (χ3v) is 4.84. The van der Waals surface area contributed by atoms with E-state index in [9.17, 15) is 28.2 Å². The molecule has 2 aromatic rings. The minimum atomic E-state index is -4.67. The Morgan fingerprint density at radius 1 is 1.07 bits per heavy atom. The van der Waals surface area contributed by atoms with Crippen molar-refractivity contribution >= 4 is 11.6 Å². The van der Waals surface area contributed by atoms with Crippen molar-refractivity contribution < 1.29 is 28.2 Å². The summed E-state index contributed by atoms with van der Waals surface area (Å²) < 4.78 is 39.4. The van der Waals surface area contributed by atoms with E-state index >= 15 is 0 Å². The third-order valence-electron chi connectivity index (χ3n) is 4.84. The highest BCUT2D eigenvalue weighted by molar-refractivity contribution is 6.09. The molecular formula is C20H20F3NO3. The number of phenolic OH excluding ortho intramolecular Hbond substituents is 1. The molecule has 1 heterocycles. The number of carbonyl (C=O) groups excluding carboxylic acids is 1. The van der Waals surface area contributed by atoms with Crippen LogP contribution in [0.1, 0.15) is 42.9 Å². The molecule has 2 aromatic carbocycles. The van der Waals surface area contributed by atoms with Gasteiger partial charge in [0.2, 0.25) is 0 Å². The summed E-state index contributed by atoms with van der Waals surface area (Å²) in [6.45, 7) is 2.35. The molecule has 27 heavy (non-hydrogen) atoms. The van der Waals surface area contributed by atoms with Crippen LogP contribution in [0.3, 0.4) is 0 Å². The van der Waals surface area contributed by atoms with Crippen LogP contribution < -0.4 is 4.90 Å². The van der Waals surface area contributed by atoms with Gasteiger partial charge >= 0.3 is 6.18 Å². The Labute approximate surface area is 154 Å². The van der Waals surface area contributed by atoms with Crippen LogP contribution in [0.2, 0.25) is 0 Å². The van der Waals surface area contributed by atoms with Crippen molar-refractivity contribution in [2.45, 2.75) is 38.0 Å². The molecular weight excluding hydrogens is 359 g/mol.